The van der Waals surface area contributed by atoms with E-state index in [2.05, 4.69) is 0 Å². The van der Waals surface area contributed by atoms with Crippen molar-refractivity contribution in [1.82, 2.24) is 4.90 Å². The molecule has 3 aromatic rings. The van der Waals surface area contributed by atoms with Gasteiger partial charge in [-0.15, -0.1) is 0 Å². The second-order valence-corrected chi connectivity index (χ2v) is 8.02. The van der Waals surface area contributed by atoms with Gasteiger partial charge in [-0.3, -0.25) is 4.79 Å². The summed E-state index contributed by atoms with van der Waals surface area (Å²) in [5, 5.41) is 0. The summed E-state index contributed by atoms with van der Waals surface area (Å²) < 4.78 is 11.2. The molecule has 1 saturated heterocycles. The summed E-state index contributed by atoms with van der Waals surface area (Å²) in [6, 6.07) is 29.2. The highest BCUT2D eigenvalue weighted by Gasteiger charge is 2.40. The fourth-order valence-electron chi connectivity index (χ4n) is 3.97. The molecular weight excluding hydrogens is 402 g/mol. The van der Waals surface area contributed by atoms with E-state index in [0.29, 0.717) is 19.4 Å². The van der Waals surface area contributed by atoms with Crippen LogP contribution >= 0.6 is 0 Å². The summed E-state index contributed by atoms with van der Waals surface area (Å²) in [6.45, 7) is 0.851. The van der Waals surface area contributed by atoms with Crippen molar-refractivity contribution < 1.29 is 19.1 Å². The van der Waals surface area contributed by atoms with Crippen LogP contribution in [0, 0.1) is 5.92 Å². The average molecular weight is 430 g/mol. The SMILES string of the molecule is O=C1OC[C@H](Cc2ccccc2)N1C(=O)[C@@H](COCc1ccccc1)Cc1ccccc1. The third-order valence-corrected chi connectivity index (χ3v) is 5.62. The molecule has 1 fully saturated rings. The maximum Gasteiger partial charge on any atom is 0.416 e. The first-order chi connectivity index (χ1) is 15.7. The number of carbonyl (C=O) groups is 2. The van der Waals surface area contributed by atoms with Crippen molar-refractivity contribution in [3.63, 3.8) is 0 Å². The number of carbonyl (C=O) groups excluding carboxylic acids is 2. The number of ether oxygens (including phenoxy) is 2. The quantitative estimate of drug-likeness (QED) is 0.497. The van der Waals surface area contributed by atoms with E-state index in [9.17, 15) is 9.59 Å². The van der Waals surface area contributed by atoms with Crippen LogP contribution in [0.2, 0.25) is 0 Å². The fraction of sp³-hybridized carbons (Fsp3) is 0.259. The Balaban J connectivity index is 1.48. The largest absolute Gasteiger partial charge is 0.447 e. The standard InChI is InChI=1S/C27H27NO4/c29-26(28-25(20-32-27(28)30)17-22-12-6-2-7-13-22)24(16-21-10-4-1-5-11-21)19-31-18-23-14-8-3-9-15-23/h1-15,24-25H,16-20H2/t24-,25+/m1/s1. The van der Waals surface area contributed by atoms with Crippen molar-refractivity contribution in [2.75, 3.05) is 13.2 Å². The first kappa shape index (κ1) is 21.8. The van der Waals surface area contributed by atoms with Crippen LogP contribution in [-0.4, -0.2) is 36.2 Å². The van der Waals surface area contributed by atoms with Crippen LogP contribution in [0.3, 0.4) is 0 Å². The first-order valence-electron chi connectivity index (χ1n) is 10.9. The summed E-state index contributed by atoms with van der Waals surface area (Å²) >= 11 is 0. The lowest BCUT2D eigenvalue weighted by molar-refractivity contribution is -0.135. The van der Waals surface area contributed by atoms with Crippen molar-refractivity contribution in [1.29, 1.82) is 0 Å². The van der Waals surface area contributed by atoms with Crippen LogP contribution < -0.4 is 0 Å². The molecule has 1 heterocycles. The zero-order chi connectivity index (χ0) is 22.2. The molecule has 1 aliphatic heterocycles. The lowest BCUT2D eigenvalue weighted by atomic mass is 9.97. The van der Waals surface area contributed by atoms with E-state index in [1.807, 2.05) is 91.0 Å². The molecule has 0 aliphatic carbocycles. The van der Waals surface area contributed by atoms with E-state index in [-0.39, 0.29) is 25.2 Å². The third-order valence-electron chi connectivity index (χ3n) is 5.62. The van der Waals surface area contributed by atoms with Gasteiger partial charge in [-0.25, -0.2) is 9.69 Å². The zero-order valence-electron chi connectivity index (χ0n) is 17.9. The molecule has 0 bridgehead atoms. The molecule has 164 valence electrons. The van der Waals surface area contributed by atoms with Crippen LogP contribution in [0.25, 0.3) is 0 Å². The molecule has 5 heteroatoms. The molecule has 5 nitrogen and oxygen atoms in total. The number of rotatable bonds is 9. The molecule has 4 rings (SSSR count). The van der Waals surface area contributed by atoms with Gasteiger partial charge in [-0.1, -0.05) is 91.0 Å². The highest BCUT2D eigenvalue weighted by Crippen LogP contribution is 2.22. The Bertz CT molecular complexity index is 1010. The number of nitrogens with zero attached hydrogens (tertiary/aromatic N) is 1. The summed E-state index contributed by atoms with van der Waals surface area (Å²) in [4.78, 5) is 27.4. The molecule has 0 radical (unpaired) electrons. The Hall–Kier alpha value is -3.44. The van der Waals surface area contributed by atoms with Gasteiger partial charge in [0.15, 0.2) is 0 Å². The smallest absolute Gasteiger partial charge is 0.416 e. The molecule has 1 aliphatic rings. The molecular formula is C27H27NO4. The van der Waals surface area contributed by atoms with Gasteiger partial charge in [0.25, 0.3) is 0 Å². The first-order valence-corrected chi connectivity index (χ1v) is 10.9. The minimum Gasteiger partial charge on any atom is -0.447 e. The minimum atomic E-state index is -0.572. The van der Waals surface area contributed by atoms with Gasteiger partial charge in [-0.2, -0.15) is 0 Å². The average Bonchev–Trinajstić information content (AvgIpc) is 3.19. The summed E-state index contributed by atoms with van der Waals surface area (Å²) in [6.07, 6.45) is 0.495. The summed E-state index contributed by atoms with van der Waals surface area (Å²) in [5.41, 5.74) is 3.14. The monoisotopic (exact) mass is 429 g/mol. The molecule has 0 unspecified atom stereocenters. The van der Waals surface area contributed by atoms with Gasteiger partial charge in [0.1, 0.15) is 6.61 Å². The van der Waals surface area contributed by atoms with Gasteiger partial charge in [0, 0.05) is 0 Å². The Morgan fingerprint density at radius 3 is 2.06 bits per heavy atom. The maximum atomic E-state index is 13.5. The lowest BCUT2D eigenvalue weighted by Crippen LogP contribution is -2.45. The van der Waals surface area contributed by atoms with Gasteiger partial charge < -0.3 is 9.47 Å². The molecule has 0 N–H and O–H groups in total. The highest BCUT2D eigenvalue weighted by molar-refractivity contribution is 5.95. The Kier molecular flexibility index (Phi) is 7.31. The fourth-order valence-corrected chi connectivity index (χ4v) is 3.97. The third kappa shape index (κ3) is 5.62. The summed E-state index contributed by atoms with van der Waals surface area (Å²) in [5.74, 6) is -0.726. The predicted molar refractivity (Wildman–Crippen MR) is 122 cm³/mol. The number of hydrogen-bond acceptors (Lipinski definition) is 4. The van der Waals surface area contributed by atoms with Crippen LogP contribution in [0.5, 0.6) is 0 Å². The predicted octanol–water partition coefficient (Wildman–Crippen LogP) is 4.65. The molecule has 2 atom stereocenters. The minimum absolute atomic E-state index is 0.211. The van der Waals surface area contributed by atoms with Crippen LogP contribution in [0.4, 0.5) is 4.79 Å². The second kappa shape index (κ2) is 10.7. The molecule has 0 spiro atoms. The highest BCUT2D eigenvalue weighted by atomic mass is 16.6. The van der Waals surface area contributed by atoms with Crippen molar-refractivity contribution in [3.05, 3.63) is 108 Å². The summed E-state index contributed by atoms with van der Waals surface area (Å²) in [7, 11) is 0. The normalized spacial score (nSPS) is 16.6. The van der Waals surface area contributed by atoms with Crippen molar-refractivity contribution in [3.8, 4) is 0 Å². The van der Waals surface area contributed by atoms with E-state index in [0.717, 1.165) is 16.7 Å². The number of benzene rings is 3. The van der Waals surface area contributed by atoms with E-state index in [1.54, 1.807) is 0 Å². The van der Waals surface area contributed by atoms with Crippen molar-refractivity contribution in [2.24, 2.45) is 5.92 Å². The Morgan fingerprint density at radius 2 is 1.44 bits per heavy atom. The molecule has 0 aromatic heterocycles. The van der Waals surface area contributed by atoms with Crippen LogP contribution in [0.1, 0.15) is 16.7 Å². The number of cyclic esters (lactones) is 1. The van der Waals surface area contributed by atoms with E-state index in [4.69, 9.17) is 9.47 Å². The molecule has 0 saturated carbocycles. The zero-order valence-corrected chi connectivity index (χ0v) is 17.9. The van der Waals surface area contributed by atoms with Gasteiger partial charge in [-0.05, 0) is 29.5 Å². The van der Waals surface area contributed by atoms with E-state index in [1.165, 1.54) is 4.90 Å². The Morgan fingerprint density at radius 1 is 0.875 bits per heavy atom. The number of hydrogen-bond donors (Lipinski definition) is 0. The molecule has 2 amide bonds. The van der Waals surface area contributed by atoms with E-state index >= 15 is 0 Å². The number of amides is 2. The van der Waals surface area contributed by atoms with Gasteiger partial charge >= 0.3 is 6.09 Å². The number of imide groups is 1. The second-order valence-electron chi connectivity index (χ2n) is 8.02. The van der Waals surface area contributed by atoms with Gasteiger partial charge in [0.2, 0.25) is 5.91 Å². The van der Waals surface area contributed by atoms with Gasteiger partial charge in [0.05, 0.1) is 25.2 Å². The van der Waals surface area contributed by atoms with Crippen molar-refractivity contribution >= 4 is 12.0 Å². The van der Waals surface area contributed by atoms with Crippen LogP contribution in [-0.2, 0) is 33.7 Å². The van der Waals surface area contributed by atoms with Crippen LogP contribution in [0.15, 0.2) is 91.0 Å². The van der Waals surface area contributed by atoms with E-state index < -0.39 is 12.0 Å². The molecule has 3 aromatic carbocycles. The lowest BCUT2D eigenvalue weighted by Gasteiger charge is -2.25. The molecule has 32 heavy (non-hydrogen) atoms. The van der Waals surface area contributed by atoms with Crippen molar-refractivity contribution in [2.45, 2.75) is 25.5 Å². The topological polar surface area (TPSA) is 55.8 Å². The maximum absolute atomic E-state index is 13.5. The Labute approximate surface area is 188 Å².